The lowest BCUT2D eigenvalue weighted by molar-refractivity contribution is 0.116. The van der Waals surface area contributed by atoms with Crippen LogP contribution >= 0.6 is 0 Å². The van der Waals surface area contributed by atoms with Crippen LogP contribution in [0.25, 0.3) is 0 Å². The molecule has 0 bridgehead atoms. The minimum atomic E-state index is -2.38. The maximum absolute atomic E-state index is 12.1. The van der Waals surface area contributed by atoms with Crippen molar-refractivity contribution in [2.24, 2.45) is 0 Å². The van der Waals surface area contributed by atoms with Crippen LogP contribution in [0.3, 0.4) is 0 Å². The summed E-state index contributed by atoms with van der Waals surface area (Å²) < 4.78 is 39.2. The van der Waals surface area contributed by atoms with E-state index in [2.05, 4.69) is 11.7 Å². The highest BCUT2D eigenvalue weighted by Gasteiger charge is 2.04. The Bertz CT molecular complexity index is 165. The predicted molar refractivity (Wildman–Crippen MR) is 49.7 cm³/mol. The van der Waals surface area contributed by atoms with E-state index in [1.165, 1.54) is 12.8 Å². The molecule has 0 aliphatic rings. The van der Waals surface area contributed by atoms with Crippen LogP contribution < -0.4 is 0 Å². The van der Waals surface area contributed by atoms with Gasteiger partial charge in [0.2, 0.25) is 0 Å². The van der Waals surface area contributed by atoms with Gasteiger partial charge in [-0.3, -0.25) is 0 Å². The van der Waals surface area contributed by atoms with Gasteiger partial charge in [0.25, 0.3) is 0 Å². The highest BCUT2D eigenvalue weighted by Crippen LogP contribution is 2.11. The molecule has 0 aromatic carbocycles. The lowest BCUT2D eigenvalue weighted by atomic mass is 10.1. The Balaban J connectivity index is 3.18. The molecule has 84 valence electrons. The third-order valence-corrected chi connectivity index (χ3v) is 1.88. The molecule has 0 unspecified atom stereocenters. The van der Waals surface area contributed by atoms with E-state index in [4.69, 9.17) is 0 Å². The number of halogens is 3. The van der Waals surface area contributed by atoms with Crippen molar-refractivity contribution in [1.82, 2.24) is 0 Å². The second kappa shape index (κ2) is 8.91. The quantitative estimate of drug-likeness (QED) is 0.426. The average molecular weight is 210 g/mol. The van der Waals surface area contributed by atoms with E-state index in [0.717, 1.165) is 19.3 Å². The summed E-state index contributed by atoms with van der Waals surface area (Å²) in [6.07, 6.45) is 3.71. The molecule has 0 spiro atoms. The van der Waals surface area contributed by atoms with Crippen molar-refractivity contribution < 1.29 is 17.9 Å². The molecule has 0 saturated carbocycles. The standard InChI is InChI=1S/C10H17F3O/c1-2-3-4-5-6-7-8-14-10(13)9(11)12/h2-8H2,1H3. The SMILES string of the molecule is CCCCCCCCOC(F)=C(F)F. The first kappa shape index (κ1) is 13.3. The van der Waals surface area contributed by atoms with Gasteiger partial charge in [0, 0.05) is 0 Å². The van der Waals surface area contributed by atoms with Crippen LogP contribution in [0.2, 0.25) is 0 Å². The second-order valence-electron chi connectivity index (χ2n) is 3.15. The van der Waals surface area contributed by atoms with Gasteiger partial charge in [-0.25, -0.2) is 0 Å². The van der Waals surface area contributed by atoms with E-state index in [-0.39, 0.29) is 6.61 Å². The first-order chi connectivity index (χ1) is 6.68. The molecule has 4 heteroatoms. The molecule has 0 radical (unpaired) electrons. The normalized spacial score (nSPS) is 10.0. The molecule has 0 atom stereocenters. The van der Waals surface area contributed by atoms with E-state index >= 15 is 0 Å². The topological polar surface area (TPSA) is 9.23 Å². The lowest BCUT2D eigenvalue weighted by Crippen LogP contribution is -1.92. The maximum atomic E-state index is 12.1. The summed E-state index contributed by atoms with van der Waals surface area (Å²) >= 11 is 0. The predicted octanol–water partition coefficient (Wildman–Crippen LogP) is 4.40. The highest BCUT2D eigenvalue weighted by atomic mass is 19.3. The van der Waals surface area contributed by atoms with E-state index in [1.54, 1.807) is 0 Å². The Kier molecular flexibility index (Phi) is 8.48. The van der Waals surface area contributed by atoms with Gasteiger partial charge in [-0.1, -0.05) is 39.0 Å². The minimum Gasteiger partial charge on any atom is -0.467 e. The lowest BCUT2D eigenvalue weighted by Gasteiger charge is -2.02. The summed E-state index contributed by atoms with van der Waals surface area (Å²) in [5.41, 5.74) is 0. The van der Waals surface area contributed by atoms with Gasteiger partial charge in [0.15, 0.2) is 0 Å². The van der Waals surface area contributed by atoms with E-state index in [0.29, 0.717) is 6.42 Å². The Morgan fingerprint density at radius 1 is 0.929 bits per heavy atom. The number of hydrogen-bond donors (Lipinski definition) is 0. The molecule has 0 aromatic rings. The Morgan fingerprint density at radius 2 is 1.50 bits per heavy atom. The summed E-state index contributed by atoms with van der Waals surface area (Å²) in [5.74, 6) is 0. The fourth-order valence-electron chi connectivity index (χ4n) is 1.10. The van der Waals surface area contributed by atoms with Crippen molar-refractivity contribution in [2.45, 2.75) is 45.4 Å². The summed E-state index contributed by atoms with van der Waals surface area (Å²) in [6, 6.07) is -1.74. The van der Waals surface area contributed by atoms with Gasteiger partial charge in [0.05, 0.1) is 6.61 Å². The molecule has 0 aliphatic carbocycles. The Labute approximate surface area is 82.9 Å². The molecular weight excluding hydrogens is 193 g/mol. The fraction of sp³-hybridized carbons (Fsp3) is 0.800. The summed E-state index contributed by atoms with van der Waals surface area (Å²) in [4.78, 5) is 0. The van der Waals surface area contributed by atoms with Gasteiger partial charge in [-0.2, -0.15) is 13.2 Å². The molecule has 0 amide bonds. The third-order valence-electron chi connectivity index (χ3n) is 1.88. The van der Waals surface area contributed by atoms with E-state index in [1.807, 2.05) is 0 Å². The summed E-state index contributed by atoms with van der Waals surface area (Å²) in [6.45, 7) is 2.16. The molecule has 0 rings (SSSR count). The van der Waals surface area contributed by atoms with Crippen LogP contribution in [0, 0.1) is 0 Å². The van der Waals surface area contributed by atoms with Crippen molar-refractivity contribution in [2.75, 3.05) is 6.61 Å². The Hall–Kier alpha value is -0.670. The number of rotatable bonds is 8. The van der Waals surface area contributed by atoms with Crippen molar-refractivity contribution in [1.29, 1.82) is 0 Å². The van der Waals surface area contributed by atoms with Crippen LogP contribution in [-0.2, 0) is 4.74 Å². The van der Waals surface area contributed by atoms with Gasteiger partial charge in [-0.05, 0) is 6.42 Å². The number of hydrogen-bond acceptors (Lipinski definition) is 1. The molecule has 1 nitrogen and oxygen atoms in total. The van der Waals surface area contributed by atoms with Crippen LogP contribution in [0.15, 0.2) is 12.1 Å². The molecule has 0 N–H and O–H groups in total. The van der Waals surface area contributed by atoms with Crippen LogP contribution in [0.4, 0.5) is 13.2 Å². The molecule has 0 fully saturated rings. The third kappa shape index (κ3) is 7.95. The second-order valence-corrected chi connectivity index (χ2v) is 3.15. The van der Waals surface area contributed by atoms with Crippen molar-refractivity contribution in [3.8, 4) is 0 Å². The van der Waals surface area contributed by atoms with Gasteiger partial charge in [-0.15, -0.1) is 0 Å². The molecule has 0 aromatic heterocycles. The number of ether oxygens (including phenoxy) is 1. The fourth-order valence-corrected chi connectivity index (χ4v) is 1.10. The minimum absolute atomic E-state index is 0.0370. The van der Waals surface area contributed by atoms with Gasteiger partial charge >= 0.3 is 12.1 Å². The zero-order valence-electron chi connectivity index (χ0n) is 8.49. The van der Waals surface area contributed by atoms with E-state index in [9.17, 15) is 13.2 Å². The van der Waals surface area contributed by atoms with Gasteiger partial charge < -0.3 is 4.74 Å². The molecular formula is C10H17F3O. The smallest absolute Gasteiger partial charge is 0.342 e. The number of unbranched alkanes of at least 4 members (excludes halogenated alkanes) is 5. The summed E-state index contributed by atoms with van der Waals surface area (Å²) in [5, 5.41) is 0. The zero-order valence-corrected chi connectivity index (χ0v) is 8.49. The van der Waals surface area contributed by atoms with Crippen LogP contribution in [0.5, 0.6) is 0 Å². The molecule has 0 aliphatic heterocycles. The van der Waals surface area contributed by atoms with Crippen LogP contribution in [-0.4, -0.2) is 6.61 Å². The average Bonchev–Trinajstić information content (AvgIpc) is 2.16. The largest absolute Gasteiger partial charge is 0.467 e. The van der Waals surface area contributed by atoms with E-state index < -0.39 is 12.1 Å². The monoisotopic (exact) mass is 210 g/mol. The summed E-state index contributed by atoms with van der Waals surface area (Å²) in [7, 11) is 0. The highest BCUT2D eigenvalue weighted by molar-refractivity contribution is 4.80. The molecule has 14 heavy (non-hydrogen) atoms. The first-order valence-corrected chi connectivity index (χ1v) is 5.02. The molecule has 0 saturated heterocycles. The van der Waals surface area contributed by atoms with Crippen molar-refractivity contribution in [3.63, 3.8) is 0 Å². The van der Waals surface area contributed by atoms with Crippen molar-refractivity contribution >= 4 is 0 Å². The zero-order chi connectivity index (χ0) is 10.8. The maximum Gasteiger partial charge on any atom is 0.342 e. The Morgan fingerprint density at radius 3 is 2.07 bits per heavy atom. The van der Waals surface area contributed by atoms with Crippen LogP contribution in [0.1, 0.15) is 45.4 Å². The van der Waals surface area contributed by atoms with Crippen molar-refractivity contribution in [3.05, 3.63) is 12.1 Å². The molecule has 0 heterocycles. The van der Waals surface area contributed by atoms with Gasteiger partial charge in [0.1, 0.15) is 0 Å². The first-order valence-electron chi connectivity index (χ1n) is 5.02.